The zero-order chi connectivity index (χ0) is 17.0. The van der Waals surface area contributed by atoms with Gasteiger partial charge in [-0.2, -0.15) is 0 Å². The van der Waals surface area contributed by atoms with E-state index in [9.17, 15) is 0 Å². The molecule has 2 nitrogen and oxygen atoms in total. The predicted molar refractivity (Wildman–Crippen MR) is 104 cm³/mol. The molecule has 1 aromatic carbocycles. The van der Waals surface area contributed by atoms with Crippen LogP contribution in [0.25, 0.3) is 15.8 Å². The highest BCUT2D eigenvalue weighted by molar-refractivity contribution is 7.19. The molecule has 0 unspecified atom stereocenters. The molecule has 0 bridgehead atoms. The molecule has 23 heavy (non-hydrogen) atoms. The summed E-state index contributed by atoms with van der Waals surface area (Å²) in [6.07, 6.45) is 9.80. The molecule has 1 aliphatic rings. The first kappa shape index (κ1) is 17.5. The van der Waals surface area contributed by atoms with Gasteiger partial charge in [0.2, 0.25) is 0 Å². The Balaban J connectivity index is 0.000000924. The zero-order valence-corrected chi connectivity index (χ0v) is 15.8. The van der Waals surface area contributed by atoms with Crippen molar-refractivity contribution in [2.45, 2.75) is 34.1 Å². The van der Waals surface area contributed by atoms with Gasteiger partial charge in [0.05, 0.1) is 10.2 Å². The van der Waals surface area contributed by atoms with Crippen molar-refractivity contribution in [2.24, 2.45) is 0 Å². The number of rotatable bonds is 2. The largest absolute Gasteiger partial charge is 0.378 e. The Morgan fingerprint density at radius 3 is 2.35 bits per heavy atom. The van der Waals surface area contributed by atoms with Gasteiger partial charge < -0.3 is 4.90 Å². The van der Waals surface area contributed by atoms with Gasteiger partial charge in [-0.25, -0.2) is 4.98 Å². The highest BCUT2D eigenvalue weighted by Gasteiger charge is 2.11. The van der Waals surface area contributed by atoms with E-state index in [4.69, 9.17) is 4.98 Å². The lowest BCUT2D eigenvalue weighted by molar-refractivity contribution is 0.528. The summed E-state index contributed by atoms with van der Waals surface area (Å²) in [4.78, 5) is 7.01. The molecule has 122 valence electrons. The Bertz CT molecular complexity index is 737. The summed E-state index contributed by atoms with van der Waals surface area (Å²) in [6, 6.07) is 4.34. The Morgan fingerprint density at radius 2 is 1.70 bits per heavy atom. The number of aryl methyl sites for hydroxylation is 2. The van der Waals surface area contributed by atoms with Crippen molar-refractivity contribution in [3.05, 3.63) is 58.3 Å². The van der Waals surface area contributed by atoms with Gasteiger partial charge in [-0.05, 0) is 37.5 Å². The molecule has 1 aromatic heterocycles. The van der Waals surface area contributed by atoms with Gasteiger partial charge in [0.1, 0.15) is 5.01 Å². The van der Waals surface area contributed by atoms with Gasteiger partial charge in [-0.1, -0.05) is 44.2 Å². The molecule has 0 fully saturated rings. The minimum absolute atomic E-state index is 0.948. The van der Waals surface area contributed by atoms with Crippen LogP contribution in [0, 0.1) is 13.8 Å². The molecule has 0 saturated heterocycles. The first-order valence-corrected chi connectivity index (χ1v) is 9.01. The second-order valence-corrected chi connectivity index (χ2v) is 6.65. The lowest BCUT2D eigenvalue weighted by Crippen LogP contribution is -2.08. The summed E-state index contributed by atoms with van der Waals surface area (Å²) in [5.74, 6) is 0. The first-order valence-electron chi connectivity index (χ1n) is 8.19. The number of allylic oxidation sites excluding steroid dienone is 5. The van der Waals surface area contributed by atoms with Crippen molar-refractivity contribution in [2.75, 3.05) is 14.1 Å². The summed E-state index contributed by atoms with van der Waals surface area (Å²) in [5.41, 5.74) is 6.18. The third-order valence-electron chi connectivity index (χ3n) is 3.80. The van der Waals surface area contributed by atoms with E-state index in [1.165, 1.54) is 27.1 Å². The normalized spacial score (nSPS) is 13.8. The van der Waals surface area contributed by atoms with E-state index in [-0.39, 0.29) is 0 Å². The lowest BCUT2D eigenvalue weighted by Gasteiger charge is -2.12. The molecule has 0 aliphatic heterocycles. The second-order valence-electron chi connectivity index (χ2n) is 5.65. The number of thiazole rings is 1. The van der Waals surface area contributed by atoms with E-state index >= 15 is 0 Å². The molecule has 2 aromatic rings. The number of benzene rings is 1. The molecular weight excluding hydrogens is 300 g/mol. The van der Waals surface area contributed by atoms with Crippen LogP contribution in [-0.4, -0.2) is 24.0 Å². The number of nitrogens with zero attached hydrogens (tertiary/aromatic N) is 2. The molecule has 0 atom stereocenters. The van der Waals surface area contributed by atoms with E-state index in [1.807, 2.05) is 13.8 Å². The molecule has 1 aliphatic carbocycles. The summed E-state index contributed by atoms with van der Waals surface area (Å²) >= 11 is 1.80. The fraction of sp³-hybridized carbons (Fsp3) is 0.350. The van der Waals surface area contributed by atoms with Gasteiger partial charge in [0.15, 0.2) is 0 Å². The number of aromatic nitrogens is 1. The van der Waals surface area contributed by atoms with Crippen LogP contribution in [0.15, 0.2) is 42.1 Å². The Labute approximate surface area is 143 Å². The van der Waals surface area contributed by atoms with Gasteiger partial charge in [-0.3, -0.25) is 0 Å². The van der Waals surface area contributed by atoms with Crippen LogP contribution in [-0.2, 0) is 0 Å². The van der Waals surface area contributed by atoms with Gasteiger partial charge in [-0.15, -0.1) is 11.3 Å². The highest BCUT2D eigenvalue weighted by Crippen LogP contribution is 2.33. The quantitative estimate of drug-likeness (QED) is 0.701. The fourth-order valence-electron chi connectivity index (χ4n) is 2.49. The average molecular weight is 327 g/mol. The van der Waals surface area contributed by atoms with Crippen molar-refractivity contribution in [1.82, 2.24) is 9.88 Å². The fourth-order valence-corrected chi connectivity index (χ4v) is 3.62. The van der Waals surface area contributed by atoms with Gasteiger partial charge in [0.25, 0.3) is 0 Å². The van der Waals surface area contributed by atoms with Gasteiger partial charge >= 0.3 is 0 Å². The maximum atomic E-state index is 4.87. The van der Waals surface area contributed by atoms with E-state index < -0.39 is 0 Å². The highest BCUT2D eigenvalue weighted by atomic mass is 32.1. The Kier molecular flexibility index (Phi) is 5.78. The minimum Gasteiger partial charge on any atom is -0.378 e. The Morgan fingerprint density at radius 1 is 1.00 bits per heavy atom. The number of hydrogen-bond donors (Lipinski definition) is 0. The van der Waals surface area contributed by atoms with Crippen LogP contribution in [0.4, 0.5) is 0 Å². The van der Waals surface area contributed by atoms with Crippen molar-refractivity contribution in [3.63, 3.8) is 0 Å². The van der Waals surface area contributed by atoms with Crippen LogP contribution in [0.3, 0.4) is 0 Å². The van der Waals surface area contributed by atoms with Crippen LogP contribution in [0.1, 0.15) is 36.4 Å². The predicted octanol–water partition coefficient (Wildman–Crippen LogP) is 5.73. The molecule has 1 heterocycles. The topological polar surface area (TPSA) is 16.1 Å². The second kappa shape index (κ2) is 7.60. The molecule has 3 rings (SSSR count). The molecule has 0 N–H and O–H groups in total. The van der Waals surface area contributed by atoms with E-state index in [1.54, 1.807) is 11.3 Å². The van der Waals surface area contributed by atoms with Crippen LogP contribution in [0.2, 0.25) is 0 Å². The maximum absolute atomic E-state index is 4.87. The number of likely N-dealkylation sites (N-methyl/N-ethyl adjacent to an activating group) is 1. The zero-order valence-electron chi connectivity index (χ0n) is 15.0. The number of fused-ring (bicyclic) bond motifs is 1. The number of hydrogen-bond acceptors (Lipinski definition) is 3. The molecule has 3 heteroatoms. The minimum atomic E-state index is 0.948. The third kappa shape index (κ3) is 3.73. The Hall–Kier alpha value is -1.87. The standard InChI is InChI=1S/C18H20N2S.C2H6/c1-12-8-9-13(2)17-16(12)19-18(21-17)14-6-5-7-15(11-10-14)20(3)4;1-2/h6-11H,5H2,1-4H3;1-2H3. The monoisotopic (exact) mass is 326 g/mol. The maximum Gasteiger partial charge on any atom is 0.124 e. The SMILES string of the molecule is CC.Cc1ccc(C)c2sc(C3=CCC=C(N(C)C)C=C3)nc12. The van der Waals surface area contributed by atoms with Gasteiger partial charge in [0, 0.05) is 25.4 Å². The van der Waals surface area contributed by atoms with Crippen LogP contribution < -0.4 is 0 Å². The first-order chi connectivity index (χ1) is 11.1. The lowest BCUT2D eigenvalue weighted by atomic mass is 10.1. The average Bonchev–Trinajstić information content (AvgIpc) is 2.85. The van der Waals surface area contributed by atoms with Crippen LogP contribution in [0.5, 0.6) is 0 Å². The molecule has 0 amide bonds. The summed E-state index contributed by atoms with van der Waals surface area (Å²) < 4.78 is 1.31. The van der Waals surface area contributed by atoms with E-state index in [0.29, 0.717) is 0 Å². The molecule has 0 radical (unpaired) electrons. The van der Waals surface area contributed by atoms with Crippen molar-refractivity contribution in [3.8, 4) is 0 Å². The van der Waals surface area contributed by atoms with E-state index in [2.05, 4.69) is 69.3 Å². The third-order valence-corrected chi connectivity index (χ3v) is 5.04. The molecule has 0 saturated carbocycles. The van der Waals surface area contributed by atoms with Crippen molar-refractivity contribution >= 4 is 27.1 Å². The summed E-state index contributed by atoms with van der Waals surface area (Å²) in [7, 11) is 4.15. The van der Waals surface area contributed by atoms with Crippen molar-refractivity contribution < 1.29 is 0 Å². The summed E-state index contributed by atoms with van der Waals surface area (Å²) in [5, 5.41) is 1.12. The smallest absolute Gasteiger partial charge is 0.124 e. The molecular formula is C20H26N2S. The summed E-state index contributed by atoms with van der Waals surface area (Å²) in [6.45, 7) is 8.29. The van der Waals surface area contributed by atoms with Crippen LogP contribution >= 0.6 is 11.3 Å². The van der Waals surface area contributed by atoms with Crippen molar-refractivity contribution in [1.29, 1.82) is 0 Å². The van der Waals surface area contributed by atoms with E-state index in [0.717, 1.165) is 16.9 Å². The molecule has 0 spiro atoms.